The molecule has 0 atom stereocenters. The van der Waals surface area contributed by atoms with Gasteiger partial charge in [-0.05, 0) is 97.3 Å². The van der Waals surface area contributed by atoms with Crippen molar-refractivity contribution in [1.29, 1.82) is 0 Å². The maximum Gasteiger partial charge on any atom is 0.257 e. The molecule has 3 N–H and O–H groups in total. The molecule has 1 amide bonds. The number of anilines is 1. The highest BCUT2D eigenvalue weighted by molar-refractivity contribution is 9.11. The summed E-state index contributed by atoms with van der Waals surface area (Å²) in [6.45, 7) is 2.42. The van der Waals surface area contributed by atoms with Crippen molar-refractivity contribution in [2.75, 3.05) is 11.9 Å². The van der Waals surface area contributed by atoms with Crippen LogP contribution in [0, 0.1) is 0 Å². The van der Waals surface area contributed by atoms with E-state index in [2.05, 4.69) is 58.4 Å². The predicted molar refractivity (Wildman–Crippen MR) is 113 cm³/mol. The van der Waals surface area contributed by atoms with Gasteiger partial charge in [0.1, 0.15) is 11.5 Å². The maximum atomic E-state index is 12.3. The third-order valence-corrected chi connectivity index (χ3v) is 5.03. The van der Waals surface area contributed by atoms with Crippen LogP contribution in [0.1, 0.15) is 17.3 Å². The summed E-state index contributed by atoms with van der Waals surface area (Å²) in [6, 6.07) is 8.32. The average molecular weight is 553 g/mol. The van der Waals surface area contributed by atoms with Gasteiger partial charge in [0.05, 0.1) is 20.0 Å². The number of halogens is 3. The van der Waals surface area contributed by atoms with Crippen LogP contribution in [-0.2, 0) is 0 Å². The molecular weight excluding hydrogens is 540 g/mol. The smallest absolute Gasteiger partial charge is 0.257 e. The third-order valence-electron chi connectivity index (χ3n) is 3.00. The number of carbonyl (C=O) groups excluding carboxylic acids is 1. The maximum absolute atomic E-state index is 12.3. The van der Waals surface area contributed by atoms with Gasteiger partial charge in [0, 0.05) is 11.3 Å². The number of carbonyl (C=O) groups is 1. The van der Waals surface area contributed by atoms with Crippen molar-refractivity contribution < 1.29 is 14.6 Å². The monoisotopic (exact) mass is 550 g/mol. The van der Waals surface area contributed by atoms with E-state index in [1.165, 1.54) is 0 Å². The van der Waals surface area contributed by atoms with Crippen LogP contribution >= 0.6 is 60.0 Å². The molecule has 0 fully saturated rings. The van der Waals surface area contributed by atoms with Crippen LogP contribution in [-0.4, -0.2) is 22.7 Å². The summed E-state index contributed by atoms with van der Waals surface area (Å²) in [5.74, 6) is 0.399. The molecule has 0 aromatic heterocycles. The van der Waals surface area contributed by atoms with Crippen molar-refractivity contribution in [2.45, 2.75) is 6.92 Å². The number of thiocarbonyl (C=S) groups is 1. The lowest BCUT2D eigenvalue weighted by Gasteiger charge is -2.12. The van der Waals surface area contributed by atoms with Gasteiger partial charge in [-0.2, -0.15) is 0 Å². The van der Waals surface area contributed by atoms with E-state index >= 15 is 0 Å². The number of phenols is 1. The standard InChI is InChI=1S/C16H13Br3N2O3S/c1-2-24-13-4-3-8(5-10(13)17)15(23)21-16(25)20-9-6-11(18)14(22)12(19)7-9/h3-7,22H,2H2,1H3,(H2,20,21,23,25). The van der Waals surface area contributed by atoms with Crippen LogP contribution in [0.25, 0.3) is 0 Å². The molecule has 0 saturated heterocycles. The largest absolute Gasteiger partial charge is 0.506 e. The zero-order valence-corrected chi connectivity index (χ0v) is 18.5. The second kappa shape index (κ2) is 8.98. The molecule has 2 aromatic carbocycles. The molecule has 5 nitrogen and oxygen atoms in total. The Kier molecular flexibility index (Phi) is 7.24. The molecule has 0 saturated carbocycles. The van der Waals surface area contributed by atoms with Gasteiger partial charge in [-0.3, -0.25) is 10.1 Å². The van der Waals surface area contributed by atoms with E-state index in [0.29, 0.717) is 37.0 Å². The zero-order chi connectivity index (χ0) is 18.6. The van der Waals surface area contributed by atoms with Gasteiger partial charge in [-0.15, -0.1) is 0 Å². The number of ether oxygens (including phenoxy) is 1. The van der Waals surface area contributed by atoms with E-state index in [4.69, 9.17) is 17.0 Å². The highest BCUT2D eigenvalue weighted by atomic mass is 79.9. The molecule has 132 valence electrons. The Morgan fingerprint density at radius 3 is 2.36 bits per heavy atom. The Morgan fingerprint density at radius 1 is 1.16 bits per heavy atom. The third kappa shape index (κ3) is 5.40. The fourth-order valence-electron chi connectivity index (χ4n) is 1.89. The summed E-state index contributed by atoms with van der Waals surface area (Å²) < 4.78 is 7.09. The van der Waals surface area contributed by atoms with Crippen LogP contribution in [0.4, 0.5) is 5.69 Å². The molecule has 2 rings (SSSR count). The Bertz CT molecular complexity index is 807. The van der Waals surface area contributed by atoms with Gasteiger partial charge in [-0.1, -0.05) is 0 Å². The Labute approximate surface area is 175 Å². The van der Waals surface area contributed by atoms with E-state index in [-0.39, 0.29) is 16.8 Å². The van der Waals surface area contributed by atoms with E-state index in [0.717, 1.165) is 0 Å². The second-order valence-corrected chi connectivity index (χ2v) is 7.75. The topological polar surface area (TPSA) is 70.6 Å². The van der Waals surface area contributed by atoms with Crippen LogP contribution in [0.3, 0.4) is 0 Å². The van der Waals surface area contributed by atoms with Crippen molar-refractivity contribution >= 4 is 76.7 Å². The van der Waals surface area contributed by atoms with Crippen LogP contribution < -0.4 is 15.4 Å². The summed E-state index contributed by atoms with van der Waals surface area (Å²) in [5.41, 5.74) is 1.04. The number of amides is 1. The number of hydrogen-bond donors (Lipinski definition) is 3. The van der Waals surface area contributed by atoms with Gasteiger partial charge in [0.15, 0.2) is 5.11 Å². The zero-order valence-electron chi connectivity index (χ0n) is 12.9. The number of nitrogens with one attached hydrogen (secondary N) is 2. The molecule has 25 heavy (non-hydrogen) atoms. The summed E-state index contributed by atoms with van der Waals surface area (Å²) >= 11 is 15.0. The van der Waals surface area contributed by atoms with Crippen molar-refractivity contribution in [3.8, 4) is 11.5 Å². The Hall–Kier alpha value is -1.16. The van der Waals surface area contributed by atoms with Gasteiger partial charge in [0.2, 0.25) is 0 Å². The van der Waals surface area contributed by atoms with Gasteiger partial charge >= 0.3 is 0 Å². The normalized spacial score (nSPS) is 10.2. The van der Waals surface area contributed by atoms with Gasteiger partial charge in [-0.25, -0.2) is 0 Å². The highest BCUT2D eigenvalue weighted by Crippen LogP contribution is 2.35. The van der Waals surface area contributed by atoms with Crippen LogP contribution in [0.5, 0.6) is 11.5 Å². The summed E-state index contributed by atoms with van der Waals surface area (Å²) in [5, 5.41) is 15.3. The van der Waals surface area contributed by atoms with Gasteiger partial charge in [0.25, 0.3) is 5.91 Å². The first kappa shape index (κ1) is 20.2. The second-order valence-electron chi connectivity index (χ2n) is 4.77. The molecule has 0 bridgehead atoms. The molecule has 0 aliphatic carbocycles. The van der Waals surface area contributed by atoms with Crippen LogP contribution in [0.2, 0.25) is 0 Å². The first-order chi connectivity index (χ1) is 11.8. The number of rotatable bonds is 4. The lowest BCUT2D eigenvalue weighted by molar-refractivity contribution is 0.0977. The fraction of sp³-hybridized carbons (Fsp3) is 0.125. The Balaban J connectivity index is 2.05. The molecule has 0 heterocycles. The average Bonchev–Trinajstić information content (AvgIpc) is 2.54. The predicted octanol–water partition coefficient (Wildman–Crippen LogP) is 5.21. The highest BCUT2D eigenvalue weighted by Gasteiger charge is 2.12. The summed E-state index contributed by atoms with van der Waals surface area (Å²) in [6.07, 6.45) is 0. The number of hydrogen-bond acceptors (Lipinski definition) is 4. The lowest BCUT2D eigenvalue weighted by Crippen LogP contribution is -2.34. The van der Waals surface area contributed by atoms with Crippen molar-refractivity contribution in [2.24, 2.45) is 0 Å². The van der Waals surface area contributed by atoms with Crippen molar-refractivity contribution in [3.05, 3.63) is 49.3 Å². The molecule has 0 aliphatic rings. The number of phenolic OH excluding ortho intramolecular Hbond substituents is 1. The molecule has 0 radical (unpaired) electrons. The SMILES string of the molecule is CCOc1ccc(C(=O)NC(=S)Nc2cc(Br)c(O)c(Br)c2)cc1Br. The first-order valence-electron chi connectivity index (χ1n) is 7.04. The van der Waals surface area contributed by atoms with Gasteiger partial charge < -0.3 is 15.2 Å². The van der Waals surface area contributed by atoms with Crippen molar-refractivity contribution in [3.63, 3.8) is 0 Å². The summed E-state index contributed by atoms with van der Waals surface area (Å²) in [7, 11) is 0. The van der Waals surface area contributed by atoms with E-state index in [9.17, 15) is 9.90 Å². The molecular formula is C16H13Br3N2O3S. The lowest BCUT2D eigenvalue weighted by atomic mass is 10.2. The van der Waals surface area contributed by atoms with Crippen LogP contribution in [0.15, 0.2) is 43.7 Å². The Morgan fingerprint density at radius 2 is 1.80 bits per heavy atom. The minimum atomic E-state index is -0.349. The molecule has 0 spiro atoms. The number of benzene rings is 2. The quantitative estimate of drug-likeness (QED) is 0.359. The fourth-order valence-corrected chi connectivity index (χ4v) is 3.78. The molecule has 0 aliphatic heterocycles. The van der Waals surface area contributed by atoms with Crippen molar-refractivity contribution in [1.82, 2.24) is 5.32 Å². The van der Waals surface area contributed by atoms with E-state index in [1.54, 1.807) is 30.3 Å². The minimum Gasteiger partial charge on any atom is -0.506 e. The first-order valence-corrected chi connectivity index (χ1v) is 9.83. The number of aromatic hydroxyl groups is 1. The summed E-state index contributed by atoms with van der Waals surface area (Å²) in [4.78, 5) is 12.3. The molecule has 2 aromatic rings. The van der Waals surface area contributed by atoms with E-state index < -0.39 is 0 Å². The minimum absolute atomic E-state index is 0.0831. The van der Waals surface area contributed by atoms with E-state index in [1.807, 2.05) is 6.92 Å². The molecule has 9 heteroatoms. The molecule has 0 unspecified atom stereocenters.